The van der Waals surface area contributed by atoms with Gasteiger partial charge >= 0.3 is 0 Å². The van der Waals surface area contributed by atoms with Crippen LogP contribution in [0.5, 0.6) is 0 Å². The Bertz CT molecular complexity index is 298. The largest absolute Gasteiger partial charge is 0.357 e. The van der Waals surface area contributed by atoms with Gasteiger partial charge in [-0.05, 0) is 34.1 Å². The third-order valence-corrected chi connectivity index (χ3v) is 4.83. The molecule has 0 saturated heterocycles. The lowest BCUT2D eigenvalue weighted by atomic mass is 10.2. The average Bonchev–Trinajstić information content (AvgIpc) is 2.37. The van der Waals surface area contributed by atoms with Gasteiger partial charge in [-0.15, -0.1) is 0 Å². The first-order valence-electron chi connectivity index (χ1n) is 7.82. The van der Waals surface area contributed by atoms with Gasteiger partial charge in [0.15, 0.2) is 5.96 Å². The molecule has 0 rings (SSSR count). The molecule has 1 atom stereocenters. The summed E-state index contributed by atoms with van der Waals surface area (Å²) in [4.78, 5) is 4.54. The molecule has 0 radical (unpaired) electrons. The molecule has 0 saturated carbocycles. The average molecular weight is 304 g/mol. The number of hydrogen-bond donors (Lipinski definition) is 2. The summed E-state index contributed by atoms with van der Waals surface area (Å²) in [5.74, 6) is 1.50. The quantitative estimate of drug-likeness (QED) is 0.391. The van der Waals surface area contributed by atoms with Crippen LogP contribution >= 0.6 is 0 Å². The van der Waals surface area contributed by atoms with Crippen molar-refractivity contribution in [2.45, 2.75) is 65.0 Å². The molecule has 0 bridgehead atoms. The molecule has 0 aromatic carbocycles. The second-order valence-corrected chi connectivity index (χ2v) is 8.23. The summed E-state index contributed by atoms with van der Waals surface area (Å²) in [5.41, 5.74) is 0. The maximum absolute atomic E-state index is 11.9. The molecule has 20 heavy (non-hydrogen) atoms. The van der Waals surface area contributed by atoms with Crippen LogP contribution in [0.15, 0.2) is 4.99 Å². The summed E-state index contributed by atoms with van der Waals surface area (Å²) in [6.45, 7) is 12.7. The van der Waals surface area contributed by atoms with Crippen LogP contribution in [0.3, 0.4) is 0 Å². The second kappa shape index (κ2) is 11.1. The Labute approximate surface area is 127 Å². The van der Waals surface area contributed by atoms with Crippen molar-refractivity contribution >= 4 is 16.8 Å². The Kier molecular flexibility index (Phi) is 10.8. The van der Waals surface area contributed by atoms with Crippen LogP contribution < -0.4 is 10.6 Å². The molecular weight excluding hydrogens is 270 g/mol. The van der Waals surface area contributed by atoms with E-state index in [9.17, 15) is 4.21 Å². The van der Waals surface area contributed by atoms with E-state index in [0.717, 1.165) is 25.5 Å². The molecule has 2 N–H and O–H groups in total. The highest BCUT2D eigenvalue weighted by molar-refractivity contribution is 7.86. The summed E-state index contributed by atoms with van der Waals surface area (Å²) in [6, 6.07) is 0. The zero-order valence-corrected chi connectivity index (χ0v) is 14.7. The maximum Gasteiger partial charge on any atom is 0.191 e. The Morgan fingerprint density at radius 2 is 1.80 bits per heavy atom. The first-order valence-corrected chi connectivity index (χ1v) is 9.14. The molecule has 1 unspecified atom stereocenters. The Balaban J connectivity index is 4.01. The van der Waals surface area contributed by atoms with Gasteiger partial charge in [0.1, 0.15) is 0 Å². The lowest BCUT2D eigenvalue weighted by Gasteiger charge is -2.18. The monoisotopic (exact) mass is 303 g/mol. The Hall–Kier alpha value is -0.580. The SMILES string of the molecule is CCCCCCN=C(NCC)NCCS(=O)C(C)(C)C. The molecule has 0 aliphatic heterocycles. The van der Waals surface area contributed by atoms with Crippen molar-refractivity contribution in [3.05, 3.63) is 0 Å². The lowest BCUT2D eigenvalue weighted by molar-refractivity contribution is 0.646. The predicted octanol–water partition coefficient (Wildman–Crippen LogP) is 2.67. The topological polar surface area (TPSA) is 53.5 Å². The highest BCUT2D eigenvalue weighted by atomic mass is 32.2. The minimum absolute atomic E-state index is 0.142. The fourth-order valence-corrected chi connectivity index (χ4v) is 2.54. The molecule has 4 nitrogen and oxygen atoms in total. The zero-order valence-electron chi connectivity index (χ0n) is 13.9. The van der Waals surface area contributed by atoms with E-state index >= 15 is 0 Å². The lowest BCUT2D eigenvalue weighted by Crippen LogP contribution is -2.40. The number of hydrogen-bond acceptors (Lipinski definition) is 2. The first kappa shape index (κ1) is 19.4. The summed E-state index contributed by atoms with van der Waals surface area (Å²) < 4.78 is 11.8. The van der Waals surface area contributed by atoms with Gasteiger partial charge in [-0.3, -0.25) is 9.20 Å². The van der Waals surface area contributed by atoms with Crippen molar-refractivity contribution in [1.29, 1.82) is 0 Å². The number of guanidine groups is 1. The summed E-state index contributed by atoms with van der Waals surface area (Å²) in [6.07, 6.45) is 4.91. The molecule has 0 aromatic heterocycles. The van der Waals surface area contributed by atoms with Gasteiger partial charge in [-0.1, -0.05) is 26.2 Å². The molecule has 0 amide bonds. The van der Waals surface area contributed by atoms with Gasteiger partial charge in [0.2, 0.25) is 0 Å². The van der Waals surface area contributed by atoms with Crippen LogP contribution in [-0.2, 0) is 10.8 Å². The minimum Gasteiger partial charge on any atom is -0.357 e. The van der Waals surface area contributed by atoms with Gasteiger partial charge in [0.05, 0.1) is 0 Å². The van der Waals surface area contributed by atoms with Crippen LogP contribution in [0.1, 0.15) is 60.3 Å². The normalized spacial score (nSPS) is 14.2. The summed E-state index contributed by atoms with van der Waals surface area (Å²) in [7, 11) is -0.813. The highest BCUT2D eigenvalue weighted by Crippen LogP contribution is 2.10. The van der Waals surface area contributed by atoms with Gasteiger partial charge in [-0.25, -0.2) is 0 Å². The van der Waals surface area contributed by atoms with E-state index in [-0.39, 0.29) is 4.75 Å². The molecule has 0 aliphatic rings. The van der Waals surface area contributed by atoms with Gasteiger partial charge in [-0.2, -0.15) is 0 Å². The Morgan fingerprint density at radius 3 is 2.35 bits per heavy atom. The van der Waals surface area contributed by atoms with Gasteiger partial charge < -0.3 is 10.6 Å². The summed E-state index contributed by atoms with van der Waals surface area (Å²) in [5, 5.41) is 6.49. The van der Waals surface area contributed by atoms with E-state index in [4.69, 9.17) is 0 Å². The Morgan fingerprint density at radius 1 is 1.10 bits per heavy atom. The standard InChI is InChI=1S/C15H33N3OS/c1-6-8-9-10-11-17-14(16-7-2)18-12-13-20(19)15(3,4)5/h6-13H2,1-5H3,(H2,16,17,18). The van der Waals surface area contributed by atoms with Crippen LogP contribution in [0.2, 0.25) is 0 Å². The minimum atomic E-state index is -0.813. The van der Waals surface area contributed by atoms with E-state index in [1.807, 2.05) is 20.8 Å². The van der Waals surface area contributed by atoms with Crippen molar-refractivity contribution in [3.8, 4) is 0 Å². The van der Waals surface area contributed by atoms with Crippen LogP contribution in [0, 0.1) is 0 Å². The number of unbranched alkanes of at least 4 members (excludes halogenated alkanes) is 3. The zero-order chi connectivity index (χ0) is 15.4. The maximum atomic E-state index is 11.9. The molecule has 5 heteroatoms. The van der Waals surface area contributed by atoms with E-state index in [1.54, 1.807) is 0 Å². The molecule has 0 spiro atoms. The van der Waals surface area contributed by atoms with E-state index < -0.39 is 10.8 Å². The molecular formula is C15H33N3OS. The van der Waals surface area contributed by atoms with Crippen molar-refractivity contribution in [2.75, 3.05) is 25.4 Å². The third-order valence-electron chi connectivity index (χ3n) is 2.89. The van der Waals surface area contributed by atoms with Crippen molar-refractivity contribution in [2.24, 2.45) is 4.99 Å². The number of rotatable bonds is 9. The van der Waals surface area contributed by atoms with Crippen molar-refractivity contribution < 1.29 is 4.21 Å². The predicted molar refractivity (Wildman–Crippen MR) is 90.9 cm³/mol. The molecule has 0 fully saturated rings. The van der Waals surface area contributed by atoms with Crippen molar-refractivity contribution in [3.63, 3.8) is 0 Å². The number of aliphatic imine (C=N–C) groups is 1. The number of nitrogens with zero attached hydrogens (tertiary/aromatic N) is 1. The fraction of sp³-hybridized carbons (Fsp3) is 0.933. The second-order valence-electron chi connectivity index (χ2n) is 5.91. The molecule has 120 valence electrons. The van der Waals surface area contributed by atoms with Crippen LogP contribution in [0.25, 0.3) is 0 Å². The first-order chi connectivity index (χ1) is 9.41. The van der Waals surface area contributed by atoms with Crippen LogP contribution in [-0.4, -0.2) is 40.3 Å². The smallest absolute Gasteiger partial charge is 0.191 e. The highest BCUT2D eigenvalue weighted by Gasteiger charge is 2.18. The third kappa shape index (κ3) is 10.2. The molecule has 0 heterocycles. The van der Waals surface area contributed by atoms with Gasteiger partial charge in [0, 0.05) is 40.9 Å². The van der Waals surface area contributed by atoms with E-state index in [2.05, 4.69) is 29.5 Å². The van der Waals surface area contributed by atoms with E-state index in [0.29, 0.717) is 12.3 Å². The van der Waals surface area contributed by atoms with Crippen LogP contribution in [0.4, 0.5) is 0 Å². The summed E-state index contributed by atoms with van der Waals surface area (Å²) >= 11 is 0. The fourth-order valence-electron chi connectivity index (χ4n) is 1.64. The van der Waals surface area contributed by atoms with E-state index in [1.165, 1.54) is 19.3 Å². The van der Waals surface area contributed by atoms with Crippen molar-refractivity contribution in [1.82, 2.24) is 10.6 Å². The molecule has 0 aromatic rings. The van der Waals surface area contributed by atoms with Gasteiger partial charge in [0.25, 0.3) is 0 Å². The molecule has 0 aliphatic carbocycles. The number of nitrogens with one attached hydrogen (secondary N) is 2.